The van der Waals surface area contributed by atoms with Gasteiger partial charge in [0.25, 0.3) is 0 Å². The molecular weight excluding hydrogens is 194 g/mol. The summed E-state index contributed by atoms with van der Waals surface area (Å²) in [4.78, 5) is 31.9. The zero-order chi connectivity index (χ0) is 10.7. The van der Waals surface area contributed by atoms with Gasteiger partial charge in [-0.05, 0) is 0 Å². The van der Waals surface area contributed by atoms with E-state index in [2.05, 4.69) is 4.42 Å². The van der Waals surface area contributed by atoms with Gasteiger partial charge in [-0.25, -0.2) is 5.48 Å². The van der Waals surface area contributed by atoms with Gasteiger partial charge in [0.15, 0.2) is 12.0 Å². The van der Waals surface area contributed by atoms with Gasteiger partial charge in [-0.15, -0.1) is 0 Å². The van der Waals surface area contributed by atoms with E-state index in [1.807, 2.05) is 0 Å². The number of amides is 1. The minimum Gasteiger partial charge on any atom is -0.501 e. The Kier molecular flexibility index (Phi) is 2.63. The van der Waals surface area contributed by atoms with E-state index < -0.39 is 28.6 Å². The molecule has 7 heteroatoms. The molecule has 0 unspecified atom stereocenters. The molecule has 0 spiro atoms. The first kappa shape index (κ1) is 9.93. The number of carbonyl (C=O) groups is 2. The monoisotopic (exact) mass is 199 g/mol. The normalized spacial score (nSPS) is 9.50. The van der Waals surface area contributed by atoms with Crippen molar-refractivity contribution in [1.29, 1.82) is 0 Å². The van der Waals surface area contributed by atoms with Crippen molar-refractivity contribution in [2.45, 2.75) is 0 Å². The van der Waals surface area contributed by atoms with Gasteiger partial charge in [0.05, 0.1) is 0 Å². The van der Waals surface area contributed by atoms with E-state index in [1.165, 1.54) is 0 Å². The highest BCUT2D eigenvalue weighted by molar-refractivity contribution is 5.93. The van der Waals surface area contributed by atoms with Crippen molar-refractivity contribution in [3.05, 3.63) is 27.8 Å². The van der Waals surface area contributed by atoms with Crippen LogP contribution in [0.5, 0.6) is 5.75 Å². The summed E-state index contributed by atoms with van der Waals surface area (Å²) in [7, 11) is 0. The van der Waals surface area contributed by atoms with Crippen molar-refractivity contribution in [1.82, 2.24) is 5.48 Å². The van der Waals surface area contributed by atoms with Crippen LogP contribution >= 0.6 is 0 Å². The van der Waals surface area contributed by atoms with E-state index in [-0.39, 0.29) is 6.29 Å². The van der Waals surface area contributed by atoms with Gasteiger partial charge < -0.3 is 9.52 Å². The lowest BCUT2D eigenvalue weighted by Gasteiger charge is -2.00. The highest BCUT2D eigenvalue weighted by atomic mass is 16.5. The maximum atomic E-state index is 10.9. The van der Waals surface area contributed by atoms with E-state index in [0.717, 1.165) is 11.5 Å². The number of hydroxylamine groups is 1. The molecule has 0 fully saturated rings. The summed E-state index contributed by atoms with van der Waals surface area (Å²) in [5.74, 6) is -3.43. The Morgan fingerprint density at radius 3 is 2.71 bits per heavy atom. The molecule has 7 nitrogen and oxygen atoms in total. The van der Waals surface area contributed by atoms with Gasteiger partial charge >= 0.3 is 5.91 Å². The van der Waals surface area contributed by atoms with Crippen molar-refractivity contribution >= 4 is 12.2 Å². The number of nitrogens with one attached hydrogen (secondary N) is 1. The molecule has 1 heterocycles. The van der Waals surface area contributed by atoms with Gasteiger partial charge in [0.1, 0.15) is 0 Å². The van der Waals surface area contributed by atoms with Crippen LogP contribution in [0.1, 0.15) is 21.1 Å². The highest BCUT2D eigenvalue weighted by Gasteiger charge is 2.17. The molecule has 0 bridgehead atoms. The van der Waals surface area contributed by atoms with Crippen LogP contribution in [0.15, 0.2) is 15.3 Å². The molecule has 3 N–H and O–H groups in total. The minimum atomic E-state index is -1.22. The van der Waals surface area contributed by atoms with Gasteiger partial charge in [-0.3, -0.25) is 19.6 Å². The first-order chi connectivity index (χ1) is 6.60. The number of hydrogen-bond donors (Lipinski definition) is 3. The number of aromatic hydroxyl groups is 1. The predicted molar refractivity (Wildman–Crippen MR) is 41.3 cm³/mol. The van der Waals surface area contributed by atoms with Crippen LogP contribution in [0.3, 0.4) is 0 Å². The fourth-order valence-electron chi connectivity index (χ4n) is 0.768. The zero-order valence-electron chi connectivity index (χ0n) is 6.68. The van der Waals surface area contributed by atoms with Crippen LogP contribution in [-0.4, -0.2) is 22.5 Å². The third-order valence-corrected chi connectivity index (χ3v) is 1.37. The smallest absolute Gasteiger partial charge is 0.314 e. The first-order valence-corrected chi connectivity index (χ1v) is 3.37. The first-order valence-electron chi connectivity index (χ1n) is 3.37. The molecule has 0 atom stereocenters. The molecule has 0 aliphatic rings. The molecule has 74 valence electrons. The number of hydrogen-bond acceptors (Lipinski definition) is 6. The van der Waals surface area contributed by atoms with Crippen LogP contribution in [-0.2, 0) is 0 Å². The summed E-state index contributed by atoms with van der Waals surface area (Å²) >= 11 is 0. The Morgan fingerprint density at radius 2 is 2.21 bits per heavy atom. The summed E-state index contributed by atoms with van der Waals surface area (Å²) in [6.07, 6.45) is 0.189. The van der Waals surface area contributed by atoms with Crippen molar-refractivity contribution in [2.24, 2.45) is 0 Å². The average Bonchev–Trinajstić information content (AvgIpc) is 2.20. The van der Waals surface area contributed by atoms with E-state index >= 15 is 0 Å². The second kappa shape index (κ2) is 3.71. The average molecular weight is 199 g/mol. The molecule has 0 aliphatic carbocycles. The molecule has 1 aromatic rings. The second-order valence-electron chi connectivity index (χ2n) is 2.25. The molecule has 0 aromatic carbocycles. The summed E-state index contributed by atoms with van der Waals surface area (Å²) in [6, 6.07) is 0.719. The summed E-state index contributed by atoms with van der Waals surface area (Å²) < 4.78 is 4.50. The summed E-state index contributed by atoms with van der Waals surface area (Å²) in [6.45, 7) is 0. The fraction of sp³-hybridized carbons (Fsp3) is 0. The third-order valence-electron chi connectivity index (χ3n) is 1.37. The Hall–Kier alpha value is -2.15. The van der Waals surface area contributed by atoms with E-state index in [0.29, 0.717) is 0 Å². The van der Waals surface area contributed by atoms with Gasteiger partial charge in [-0.1, -0.05) is 0 Å². The van der Waals surface area contributed by atoms with Crippen LogP contribution in [0, 0.1) is 0 Å². The van der Waals surface area contributed by atoms with Crippen LogP contribution in [0.2, 0.25) is 0 Å². The molecule has 0 saturated heterocycles. The maximum Gasteiger partial charge on any atom is 0.314 e. The fourth-order valence-corrected chi connectivity index (χ4v) is 0.768. The molecule has 14 heavy (non-hydrogen) atoms. The van der Waals surface area contributed by atoms with Gasteiger partial charge in [0, 0.05) is 6.07 Å². The number of rotatable bonds is 2. The van der Waals surface area contributed by atoms with Crippen molar-refractivity contribution in [3.63, 3.8) is 0 Å². The molecule has 1 rings (SSSR count). The van der Waals surface area contributed by atoms with Gasteiger partial charge in [-0.2, -0.15) is 0 Å². The lowest BCUT2D eigenvalue weighted by atomic mass is 10.3. The van der Waals surface area contributed by atoms with E-state index in [9.17, 15) is 14.4 Å². The zero-order valence-corrected chi connectivity index (χ0v) is 6.68. The standard InChI is InChI=1S/C7H5NO6/c9-2-3-1-4(10)5(11)6(14-3)7(12)8-13/h1-2,11,13H,(H,8,12). The number of carbonyl (C=O) groups excluding carboxylic acids is 2. The molecule has 0 saturated carbocycles. The molecular formula is C7H5NO6. The minimum absolute atomic E-state index is 0.189. The Morgan fingerprint density at radius 1 is 1.57 bits per heavy atom. The Labute approximate surface area is 76.5 Å². The Bertz CT molecular complexity index is 434. The second-order valence-corrected chi connectivity index (χ2v) is 2.25. The quantitative estimate of drug-likeness (QED) is 0.328. The van der Waals surface area contributed by atoms with Crippen molar-refractivity contribution in [3.8, 4) is 5.75 Å². The largest absolute Gasteiger partial charge is 0.501 e. The lowest BCUT2D eigenvalue weighted by molar-refractivity contribution is 0.0666. The topological polar surface area (TPSA) is 117 Å². The third kappa shape index (κ3) is 1.62. The van der Waals surface area contributed by atoms with E-state index in [1.54, 1.807) is 0 Å². The van der Waals surface area contributed by atoms with Crippen molar-refractivity contribution in [2.75, 3.05) is 0 Å². The van der Waals surface area contributed by atoms with Gasteiger partial charge in [0.2, 0.25) is 16.9 Å². The predicted octanol–water partition coefficient (Wildman–Crippen LogP) is -0.723. The van der Waals surface area contributed by atoms with Crippen LogP contribution in [0.25, 0.3) is 0 Å². The highest BCUT2D eigenvalue weighted by Crippen LogP contribution is 2.11. The van der Waals surface area contributed by atoms with E-state index in [4.69, 9.17) is 10.3 Å². The SMILES string of the molecule is O=Cc1cc(=O)c(O)c(C(=O)NO)o1. The molecule has 0 radical (unpaired) electrons. The maximum absolute atomic E-state index is 10.9. The Balaban J connectivity index is 3.41. The molecule has 1 amide bonds. The molecule has 0 aliphatic heterocycles. The summed E-state index contributed by atoms with van der Waals surface area (Å²) in [5.41, 5.74) is 0.206. The van der Waals surface area contributed by atoms with Crippen molar-refractivity contribution < 1.29 is 24.3 Å². The number of aldehydes is 1. The van der Waals surface area contributed by atoms with Crippen LogP contribution in [0.4, 0.5) is 0 Å². The molecule has 1 aromatic heterocycles. The van der Waals surface area contributed by atoms with Crippen LogP contribution < -0.4 is 10.9 Å². The lowest BCUT2D eigenvalue weighted by Crippen LogP contribution is -2.21. The summed E-state index contributed by atoms with van der Waals surface area (Å²) in [5, 5.41) is 17.2.